The molecule has 5 saturated carbocycles. The Balaban J connectivity index is 0.000000730. The first-order valence-corrected chi connectivity index (χ1v) is 13.1. The monoisotopic (exact) mass is 430 g/mol. The smallest absolute Gasteiger partial charge is 0.309 e. The summed E-state index contributed by atoms with van der Waals surface area (Å²) in [7, 11) is 0. The number of hydrogen-bond acceptors (Lipinski definition) is 2. The molecule has 0 heterocycles. The summed E-state index contributed by atoms with van der Waals surface area (Å²) in [6, 6.07) is 0. The van der Waals surface area contributed by atoms with Gasteiger partial charge >= 0.3 is 5.97 Å². The molecule has 0 aliphatic heterocycles. The molecule has 5 aliphatic rings. The van der Waals surface area contributed by atoms with E-state index in [1.165, 1.54) is 32.1 Å². The number of aliphatic hydroxyl groups excluding tert-OH is 1. The number of allylic oxidation sites excluding steroid dienone is 1. The van der Waals surface area contributed by atoms with Gasteiger partial charge in [-0.15, -0.1) is 6.58 Å². The Morgan fingerprint density at radius 1 is 0.903 bits per heavy atom. The zero-order valence-electron chi connectivity index (χ0n) is 20.4. The van der Waals surface area contributed by atoms with Crippen molar-refractivity contribution in [3.05, 3.63) is 12.7 Å². The first kappa shape index (κ1) is 23.3. The van der Waals surface area contributed by atoms with Crippen LogP contribution >= 0.6 is 0 Å². The van der Waals surface area contributed by atoms with Crippen molar-refractivity contribution in [2.24, 2.45) is 51.8 Å². The Bertz CT molecular complexity index is 702. The molecule has 0 aromatic carbocycles. The zero-order chi connectivity index (χ0) is 22.6. The molecule has 0 amide bonds. The third-order valence-electron chi connectivity index (χ3n) is 11.5. The lowest BCUT2D eigenvalue weighted by Gasteiger charge is -2.67. The van der Waals surface area contributed by atoms with Gasteiger partial charge in [-0.2, -0.15) is 0 Å². The van der Waals surface area contributed by atoms with Gasteiger partial charge in [0.1, 0.15) is 0 Å². The quantitative estimate of drug-likeness (QED) is 0.455. The summed E-state index contributed by atoms with van der Waals surface area (Å²) in [6.45, 7) is 12.7. The fourth-order valence-electron chi connectivity index (χ4n) is 10.2. The molecule has 0 bridgehead atoms. The highest BCUT2D eigenvalue weighted by Crippen LogP contribution is 2.71. The minimum absolute atomic E-state index is 0.108. The zero-order valence-corrected chi connectivity index (χ0v) is 20.4. The van der Waals surface area contributed by atoms with E-state index in [1.807, 2.05) is 6.92 Å². The van der Waals surface area contributed by atoms with Crippen LogP contribution in [0.4, 0.5) is 0 Å². The van der Waals surface area contributed by atoms with E-state index in [0.29, 0.717) is 34.5 Å². The average Bonchev–Trinajstić information content (AvgIpc) is 3.17. The van der Waals surface area contributed by atoms with E-state index in [4.69, 9.17) is 0 Å². The molecule has 2 N–H and O–H groups in total. The number of fused-ring (bicyclic) bond motifs is 7. The maximum Gasteiger partial charge on any atom is 0.309 e. The molecular formula is C28H46O3. The molecule has 5 rings (SSSR count). The molecule has 0 aromatic rings. The van der Waals surface area contributed by atoms with Gasteiger partial charge in [0.25, 0.3) is 0 Å². The summed E-state index contributed by atoms with van der Waals surface area (Å²) in [5.41, 5.74) is 0.353. The van der Waals surface area contributed by atoms with Gasteiger partial charge in [0.05, 0.1) is 11.5 Å². The van der Waals surface area contributed by atoms with Crippen LogP contribution < -0.4 is 0 Å². The minimum Gasteiger partial charge on any atom is -0.481 e. The van der Waals surface area contributed by atoms with E-state index in [9.17, 15) is 15.0 Å². The molecule has 31 heavy (non-hydrogen) atoms. The van der Waals surface area contributed by atoms with Crippen LogP contribution in [0.1, 0.15) is 98.3 Å². The van der Waals surface area contributed by atoms with Crippen LogP contribution in [-0.2, 0) is 4.79 Å². The number of hydrogen-bond donors (Lipinski definition) is 2. The van der Waals surface area contributed by atoms with Crippen molar-refractivity contribution in [1.82, 2.24) is 0 Å². The van der Waals surface area contributed by atoms with Crippen molar-refractivity contribution in [3.63, 3.8) is 0 Å². The van der Waals surface area contributed by atoms with Crippen molar-refractivity contribution in [1.29, 1.82) is 0 Å². The van der Waals surface area contributed by atoms with Crippen LogP contribution in [0.15, 0.2) is 12.7 Å². The van der Waals surface area contributed by atoms with Gasteiger partial charge in [-0.25, -0.2) is 0 Å². The van der Waals surface area contributed by atoms with E-state index in [2.05, 4.69) is 27.4 Å². The van der Waals surface area contributed by atoms with Crippen molar-refractivity contribution >= 4 is 5.97 Å². The normalized spacial score (nSPS) is 53.0. The predicted molar refractivity (Wildman–Crippen MR) is 126 cm³/mol. The molecule has 5 aliphatic carbocycles. The Labute approximate surface area is 190 Å². The second-order valence-electron chi connectivity index (χ2n) is 12.4. The van der Waals surface area contributed by atoms with Crippen molar-refractivity contribution in [2.45, 2.75) is 104 Å². The lowest BCUT2D eigenvalue weighted by Crippen LogP contribution is -2.61. The third-order valence-corrected chi connectivity index (χ3v) is 11.5. The molecule has 5 fully saturated rings. The highest BCUT2D eigenvalue weighted by Gasteiger charge is 2.65. The van der Waals surface area contributed by atoms with Crippen LogP contribution in [0.3, 0.4) is 0 Å². The van der Waals surface area contributed by atoms with Gasteiger partial charge in [-0.1, -0.05) is 33.3 Å². The van der Waals surface area contributed by atoms with E-state index in [0.717, 1.165) is 50.4 Å². The lowest BCUT2D eigenvalue weighted by atomic mass is 9.37. The van der Waals surface area contributed by atoms with Crippen molar-refractivity contribution < 1.29 is 15.0 Å². The van der Waals surface area contributed by atoms with Gasteiger partial charge in [0.15, 0.2) is 0 Å². The fraction of sp³-hybridized carbons (Fsp3) is 0.893. The Morgan fingerprint density at radius 2 is 1.52 bits per heavy atom. The number of aliphatic hydroxyl groups is 1. The predicted octanol–water partition coefficient (Wildman–Crippen LogP) is 6.70. The minimum atomic E-state index is -0.494. The van der Waals surface area contributed by atoms with Crippen molar-refractivity contribution in [2.75, 3.05) is 0 Å². The van der Waals surface area contributed by atoms with E-state index < -0.39 is 11.4 Å². The average molecular weight is 431 g/mol. The van der Waals surface area contributed by atoms with E-state index in [-0.39, 0.29) is 6.10 Å². The molecule has 3 nitrogen and oxygen atoms in total. The fourth-order valence-corrected chi connectivity index (χ4v) is 10.2. The van der Waals surface area contributed by atoms with Crippen LogP contribution in [-0.4, -0.2) is 22.3 Å². The highest BCUT2D eigenvalue weighted by molar-refractivity contribution is 5.75. The highest BCUT2D eigenvalue weighted by atomic mass is 16.4. The van der Waals surface area contributed by atoms with Crippen LogP contribution in [0.5, 0.6) is 0 Å². The Hall–Kier alpha value is -0.830. The first-order valence-electron chi connectivity index (χ1n) is 13.1. The summed E-state index contributed by atoms with van der Waals surface area (Å²) in [6.07, 6.45) is 14.2. The lowest BCUT2D eigenvalue weighted by molar-refractivity contribution is -0.199. The topological polar surface area (TPSA) is 57.5 Å². The van der Waals surface area contributed by atoms with E-state index >= 15 is 0 Å². The molecule has 0 radical (unpaired) electrons. The SMILES string of the molecule is C=CC.CC1C(O)CCC2(C)C1CCC1(C)C3CCC4(C(=O)O)CCCC4C3CCC21. The Kier molecular flexibility index (Phi) is 6.16. The summed E-state index contributed by atoms with van der Waals surface area (Å²) in [5.74, 6) is 3.15. The maximum absolute atomic E-state index is 12.3. The third kappa shape index (κ3) is 3.27. The van der Waals surface area contributed by atoms with Gasteiger partial charge in [-0.05, 0) is 117 Å². The largest absolute Gasteiger partial charge is 0.481 e. The molecule has 176 valence electrons. The second-order valence-corrected chi connectivity index (χ2v) is 12.4. The van der Waals surface area contributed by atoms with Gasteiger partial charge in [0, 0.05) is 0 Å². The van der Waals surface area contributed by atoms with Crippen LogP contribution in [0.2, 0.25) is 0 Å². The molecule has 10 atom stereocenters. The van der Waals surface area contributed by atoms with Gasteiger partial charge in [0.2, 0.25) is 0 Å². The maximum atomic E-state index is 12.3. The summed E-state index contributed by atoms with van der Waals surface area (Å²) >= 11 is 0. The summed E-state index contributed by atoms with van der Waals surface area (Å²) < 4.78 is 0. The Morgan fingerprint density at radius 3 is 2.19 bits per heavy atom. The standard InChI is InChI=1S/C25H40O3.C3H6/c1-15-17-8-12-24(3)18-9-14-25(22(27)28)11-4-5-19(25)16(18)6-7-21(24)23(17,2)13-10-20(15)26;1-3-2/h15-21,26H,4-14H2,1-3H3,(H,27,28);3H,1H2,2H3. The molecule has 0 aromatic heterocycles. The van der Waals surface area contributed by atoms with E-state index in [1.54, 1.807) is 6.08 Å². The number of carboxylic acids is 1. The molecule has 3 heteroatoms. The van der Waals surface area contributed by atoms with Crippen LogP contribution in [0, 0.1) is 51.8 Å². The van der Waals surface area contributed by atoms with Crippen molar-refractivity contribution in [3.8, 4) is 0 Å². The number of carboxylic acid groups (broad SMARTS) is 1. The molecule has 0 spiro atoms. The molecular weight excluding hydrogens is 384 g/mol. The summed E-state index contributed by atoms with van der Waals surface area (Å²) in [5, 5.41) is 20.6. The molecule has 10 unspecified atom stereocenters. The number of aliphatic carboxylic acids is 1. The van der Waals surface area contributed by atoms with Gasteiger partial charge < -0.3 is 10.2 Å². The number of carbonyl (C=O) groups is 1. The van der Waals surface area contributed by atoms with Crippen LogP contribution in [0.25, 0.3) is 0 Å². The summed E-state index contributed by atoms with van der Waals surface area (Å²) in [4.78, 5) is 12.3. The first-order chi connectivity index (χ1) is 14.7. The number of rotatable bonds is 1. The van der Waals surface area contributed by atoms with Gasteiger partial charge in [-0.3, -0.25) is 4.79 Å². The molecule has 0 saturated heterocycles. The second kappa shape index (κ2) is 8.19.